The molecule has 0 fully saturated rings. The molecule has 0 aliphatic rings. The number of carbonyl (C=O) groups is 1. The highest BCUT2D eigenvalue weighted by Gasteiger charge is 2.11. The van der Waals surface area contributed by atoms with Gasteiger partial charge >= 0.3 is 0 Å². The smallest absolute Gasteiger partial charge is 0.185 e. The van der Waals surface area contributed by atoms with Crippen LogP contribution in [0.2, 0.25) is 10.0 Å². The number of carbonyl (C=O) groups excluding carboxylic acids is 1. The van der Waals surface area contributed by atoms with Crippen LogP contribution >= 0.6 is 39.1 Å². The maximum absolute atomic E-state index is 10.6. The molecule has 82 valence electrons. The molecule has 2 aromatic rings. The van der Waals surface area contributed by atoms with E-state index in [1.165, 1.54) is 0 Å². The molecule has 6 heteroatoms. The Labute approximate surface area is 110 Å². The van der Waals surface area contributed by atoms with Crippen molar-refractivity contribution in [3.8, 4) is 11.3 Å². The van der Waals surface area contributed by atoms with Crippen LogP contribution in [0.3, 0.4) is 0 Å². The van der Waals surface area contributed by atoms with E-state index in [1.54, 1.807) is 18.2 Å². The van der Waals surface area contributed by atoms with Gasteiger partial charge in [0.25, 0.3) is 0 Å². The van der Waals surface area contributed by atoms with Gasteiger partial charge in [0, 0.05) is 15.6 Å². The van der Waals surface area contributed by atoms with Crippen LogP contribution in [0.5, 0.6) is 0 Å². The third kappa shape index (κ3) is 2.29. The third-order valence-electron chi connectivity index (χ3n) is 1.93. The summed E-state index contributed by atoms with van der Waals surface area (Å²) in [5.41, 5.74) is 1.35. The van der Waals surface area contributed by atoms with Crippen LogP contribution in [-0.4, -0.2) is 16.3 Å². The van der Waals surface area contributed by atoms with Gasteiger partial charge in [-0.15, -0.1) is 0 Å². The van der Waals surface area contributed by atoms with Crippen LogP contribution in [0.25, 0.3) is 11.3 Å². The van der Waals surface area contributed by atoms with Crippen LogP contribution in [0.4, 0.5) is 0 Å². The zero-order valence-electron chi connectivity index (χ0n) is 7.80. The highest BCUT2D eigenvalue weighted by atomic mass is 79.9. The molecule has 3 nitrogen and oxygen atoms in total. The second kappa shape index (κ2) is 4.57. The van der Waals surface area contributed by atoms with Crippen molar-refractivity contribution in [2.24, 2.45) is 0 Å². The van der Waals surface area contributed by atoms with Crippen molar-refractivity contribution in [1.29, 1.82) is 0 Å². The van der Waals surface area contributed by atoms with E-state index in [1.807, 2.05) is 0 Å². The van der Waals surface area contributed by atoms with Gasteiger partial charge in [0.15, 0.2) is 12.1 Å². The first-order chi connectivity index (χ1) is 7.60. The summed E-state index contributed by atoms with van der Waals surface area (Å²) in [6, 6.07) is 5.08. The molecule has 0 aliphatic heterocycles. The highest BCUT2D eigenvalue weighted by molar-refractivity contribution is 9.10. The number of halogens is 3. The van der Waals surface area contributed by atoms with Crippen molar-refractivity contribution in [3.63, 3.8) is 0 Å². The predicted molar refractivity (Wildman–Crippen MR) is 67.1 cm³/mol. The Hall–Kier alpha value is -0.840. The molecule has 0 atom stereocenters. The van der Waals surface area contributed by atoms with Gasteiger partial charge in [-0.1, -0.05) is 23.2 Å². The second-order valence-electron chi connectivity index (χ2n) is 3.06. The van der Waals surface area contributed by atoms with Crippen LogP contribution in [0, 0.1) is 0 Å². The van der Waals surface area contributed by atoms with Crippen molar-refractivity contribution in [2.75, 3.05) is 0 Å². The average molecular weight is 320 g/mol. The standard InChI is InChI=1S/C10H5BrCl2N2O/c11-10-9(14-8(4-16)15-10)5-1-6(12)3-7(13)2-5/h1-4H,(H,14,15). The lowest BCUT2D eigenvalue weighted by Gasteiger charge is -2.00. The molecule has 2 rings (SSSR count). The van der Waals surface area contributed by atoms with Crippen molar-refractivity contribution in [2.45, 2.75) is 0 Å². The van der Waals surface area contributed by atoms with E-state index in [-0.39, 0.29) is 5.82 Å². The average Bonchev–Trinajstić information content (AvgIpc) is 2.58. The summed E-state index contributed by atoms with van der Waals surface area (Å²) < 4.78 is 0.618. The molecule has 1 aromatic heterocycles. The molecule has 16 heavy (non-hydrogen) atoms. The minimum atomic E-state index is 0.248. The maximum atomic E-state index is 10.6. The molecule has 1 heterocycles. The third-order valence-corrected chi connectivity index (χ3v) is 2.94. The fourth-order valence-electron chi connectivity index (χ4n) is 1.31. The quantitative estimate of drug-likeness (QED) is 0.852. The molecule has 1 N–H and O–H groups in total. The molecule has 0 bridgehead atoms. The molecule has 1 aromatic carbocycles. The van der Waals surface area contributed by atoms with Gasteiger partial charge in [-0.2, -0.15) is 0 Å². The first kappa shape index (κ1) is 11.6. The Kier molecular flexibility index (Phi) is 3.33. The number of benzene rings is 1. The van der Waals surface area contributed by atoms with E-state index in [0.717, 1.165) is 5.56 Å². The van der Waals surface area contributed by atoms with E-state index in [0.29, 0.717) is 26.6 Å². The Bertz CT molecular complexity index is 533. The van der Waals surface area contributed by atoms with E-state index < -0.39 is 0 Å². The van der Waals surface area contributed by atoms with Crippen molar-refractivity contribution in [3.05, 3.63) is 38.7 Å². The Morgan fingerprint density at radius 1 is 1.25 bits per heavy atom. The lowest BCUT2D eigenvalue weighted by molar-refractivity contribution is 0.111. The lowest BCUT2D eigenvalue weighted by Crippen LogP contribution is -1.82. The number of nitrogens with zero attached hydrogens (tertiary/aromatic N) is 1. The second-order valence-corrected chi connectivity index (χ2v) is 4.73. The molecule has 0 saturated heterocycles. The number of aromatic nitrogens is 2. The van der Waals surface area contributed by atoms with E-state index in [2.05, 4.69) is 25.9 Å². The van der Waals surface area contributed by atoms with Gasteiger partial charge in [-0.05, 0) is 34.1 Å². The maximum Gasteiger partial charge on any atom is 0.185 e. The van der Waals surface area contributed by atoms with Crippen LogP contribution in [0.1, 0.15) is 10.6 Å². The first-order valence-corrected chi connectivity index (χ1v) is 5.82. The Balaban J connectivity index is 2.57. The van der Waals surface area contributed by atoms with Gasteiger partial charge in [0.1, 0.15) is 10.3 Å². The fourth-order valence-corrected chi connectivity index (χ4v) is 2.35. The number of H-pyrrole nitrogens is 1. The van der Waals surface area contributed by atoms with Crippen molar-refractivity contribution < 1.29 is 4.79 Å². The topological polar surface area (TPSA) is 45.8 Å². The number of imidazole rings is 1. The zero-order chi connectivity index (χ0) is 11.7. The SMILES string of the molecule is O=Cc1nc(-c2cc(Cl)cc(Cl)c2)c(Br)[nH]1. The summed E-state index contributed by atoms with van der Waals surface area (Å²) >= 11 is 15.1. The summed E-state index contributed by atoms with van der Waals surface area (Å²) in [4.78, 5) is 17.4. The molecule has 0 unspecified atom stereocenters. The fraction of sp³-hybridized carbons (Fsp3) is 0. The number of aromatic amines is 1. The lowest BCUT2D eigenvalue weighted by atomic mass is 10.2. The molecule has 0 saturated carbocycles. The number of hydrogen-bond donors (Lipinski definition) is 1. The number of rotatable bonds is 2. The van der Waals surface area contributed by atoms with E-state index in [9.17, 15) is 4.79 Å². The molecule has 0 radical (unpaired) electrons. The van der Waals surface area contributed by atoms with Crippen LogP contribution in [0.15, 0.2) is 22.8 Å². The normalized spacial score (nSPS) is 10.4. The van der Waals surface area contributed by atoms with Gasteiger partial charge < -0.3 is 4.98 Å². The summed E-state index contributed by atoms with van der Waals surface area (Å²) in [5, 5.41) is 1.04. The predicted octanol–water partition coefficient (Wildman–Crippen LogP) is 3.96. The molecule has 0 amide bonds. The number of nitrogens with one attached hydrogen (secondary N) is 1. The minimum Gasteiger partial charge on any atom is -0.330 e. The van der Waals surface area contributed by atoms with Gasteiger partial charge in [-0.25, -0.2) is 4.98 Å². The summed E-state index contributed by atoms with van der Waals surface area (Å²) in [5.74, 6) is 0.248. The number of aldehydes is 1. The summed E-state index contributed by atoms with van der Waals surface area (Å²) in [6.45, 7) is 0. The van der Waals surface area contributed by atoms with Gasteiger partial charge in [0.2, 0.25) is 0 Å². The zero-order valence-corrected chi connectivity index (χ0v) is 10.9. The Morgan fingerprint density at radius 2 is 1.88 bits per heavy atom. The summed E-state index contributed by atoms with van der Waals surface area (Å²) in [6.07, 6.45) is 0.639. The molecular weight excluding hydrogens is 315 g/mol. The number of hydrogen-bond acceptors (Lipinski definition) is 2. The van der Waals surface area contributed by atoms with E-state index in [4.69, 9.17) is 23.2 Å². The summed E-state index contributed by atoms with van der Waals surface area (Å²) in [7, 11) is 0. The first-order valence-electron chi connectivity index (χ1n) is 4.27. The monoisotopic (exact) mass is 318 g/mol. The molecule has 0 aliphatic carbocycles. The van der Waals surface area contributed by atoms with Crippen LogP contribution < -0.4 is 0 Å². The van der Waals surface area contributed by atoms with E-state index >= 15 is 0 Å². The Morgan fingerprint density at radius 3 is 2.38 bits per heavy atom. The van der Waals surface area contributed by atoms with Gasteiger partial charge in [-0.3, -0.25) is 4.79 Å². The van der Waals surface area contributed by atoms with Crippen LogP contribution in [-0.2, 0) is 0 Å². The largest absolute Gasteiger partial charge is 0.330 e. The van der Waals surface area contributed by atoms with Crippen molar-refractivity contribution in [1.82, 2.24) is 9.97 Å². The van der Waals surface area contributed by atoms with Gasteiger partial charge in [0.05, 0.1) is 0 Å². The molecular formula is C10H5BrCl2N2O. The highest BCUT2D eigenvalue weighted by Crippen LogP contribution is 2.30. The van der Waals surface area contributed by atoms with Crippen molar-refractivity contribution >= 4 is 45.4 Å². The minimum absolute atomic E-state index is 0.248. The molecule has 0 spiro atoms.